The Morgan fingerprint density at radius 3 is 2.50 bits per heavy atom. The SMILES string of the molecule is CCOC(=O)[C@]12CCCN(Cc3ccccn3)C[C@H]1CN(C(C)=O)C2.O=C(O)C(F)(F)F. The highest BCUT2D eigenvalue weighted by Crippen LogP contribution is 2.44. The molecule has 0 spiro atoms. The fourth-order valence-corrected chi connectivity index (χ4v) is 4.22. The molecule has 0 radical (unpaired) electrons. The summed E-state index contributed by atoms with van der Waals surface area (Å²) < 4.78 is 37.2. The van der Waals surface area contributed by atoms with Crippen LogP contribution in [0.4, 0.5) is 13.2 Å². The van der Waals surface area contributed by atoms with Gasteiger partial charge in [-0.25, -0.2) is 4.79 Å². The van der Waals surface area contributed by atoms with Crippen LogP contribution < -0.4 is 0 Å². The minimum Gasteiger partial charge on any atom is -0.475 e. The van der Waals surface area contributed by atoms with E-state index in [1.165, 1.54) is 0 Å². The second kappa shape index (κ2) is 10.8. The number of carbonyl (C=O) groups excluding carboxylic acids is 2. The van der Waals surface area contributed by atoms with Crippen LogP contribution in [-0.4, -0.2) is 76.7 Å². The molecule has 3 heterocycles. The number of fused-ring (bicyclic) bond motifs is 1. The van der Waals surface area contributed by atoms with Crippen LogP contribution in [0.5, 0.6) is 0 Å². The molecule has 2 aliphatic heterocycles. The van der Waals surface area contributed by atoms with Gasteiger partial charge in [0, 0.05) is 45.2 Å². The highest BCUT2D eigenvalue weighted by molar-refractivity contribution is 5.81. The van der Waals surface area contributed by atoms with Crippen molar-refractivity contribution in [3.63, 3.8) is 0 Å². The average molecular weight is 459 g/mol. The lowest BCUT2D eigenvalue weighted by atomic mass is 9.75. The molecule has 2 fully saturated rings. The second-order valence-corrected chi connectivity index (χ2v) is 7.94. The Kier molecular flexibility index (Phi) is 8.59. The molecule has 0 bridgehead atoms. The molecule has 178 valence electrons. The summed E-state index contributed by atoms with van der Waals surface area (Å²) in [6, 6.07) is 5.94. The summed E-state index contributed by atoms with van der Waals surface area (Å²) in [5.74, 6) is -2.74. The predicted molar refractivity (Wildman–Crippen MR) is 107 cm³/mol. The third-order valence-electron chi connectivity index (χ3n) is 5.75. The van der Waals surface area contributed by atoms with Crippen molar-refractivity contribution in [3.8, 4) is 0 Å². The molecule has 0 aromatic carbocycles. The molecule has 1 aromatic heterocycles. The van der Waals surface area contributed by atoms with E-state index in [-0.39, 0.29) is 17.8 Å². The molecule has 2 saturated heterocycles. The van der Waals surface area contributed by atoms with Crippen LogP contribution in [-0.2, 0) is 25.7 Å². The first-order valence-electron chi connectivity index (χ1n) is 10.3. The highest BCUT2D eigenvalue weighted by atomic mass is 19.4. The Labute approximate surface area is 184 Å². The molecule has 0 saturated carbocycles. The molecule has 32 heavy (non-hydrogen) atoms. The Morgan fingerprint density at radius 2 is 1.97 bits per heavy atom. The fourth-order valence-electron chi connectivity index (χ4n) is 4.22. The van der Waals surface area contributed by atoms with Gasteiger partial charge in [-0.15, -0.1) is 0 Å². The summed E-state index contributed by atoms with van der Waals surface area (Å²) in [5, 5.41) is 7.12. The first kappa shape index (κ1) is 25.6. The number of esters is 1. The standard InChI is InChI=1S/C19H27N3O3.C2HF3O2/c1-3-25-18(24)19-8-6-10-21(13-17-7-4-5-9-20-17)11-16(19)12-22(14-19)15(2)23;3-2(4,5)1(6)7/h4-5,7,9,16H,3,6,8,10-14H2,1-2H3;(H,6,7)/t16-,19-;/m0./s1. The monoisotopic (exact) mass is 459 g/mol. The van der Waals surface area contributed by atoms with Crippen molar-refractivity contribution in [2.24, 2.45) is 11.3 Å². The number of nitrogens with zero attached hydrogens (tertiary/aromatic N) is 3. The summed E-state index contributed by atoms with van der Waals surface area (Å²) in [6.45, 7) is 7.42. The number of amides is 1. The zero-order valence-electron chi connectivity index (χ0n) is 18.1. The Balaban J connectivity index is 0.000000451. The van der Waals surface area contributed by atoms with Crippen molar-refractivity contribution < 1.29 is 37.4 Å². The van der Waals surface area contributed by atoms with Crippen molar-refractivity contribution in [1.82, 2.24) is 14.8 Å². The van der Waals surface area contributed by atoms with Crippen LogP contribution in [0.2, 0.25) is 0 Å². The minimum absolute atomic E-state index is 0.0352. The Bertz CT molecular complexity index is 806. The van der Waals surface area contributed by atoms with E-state index in [0.29, 0.717) is 19.7 Å². The van der Waals surface area contributed by atoms with E-state index in [0.717, 1.165) is 38.2 Å². The maximum absolute atomic E-state index is 12.8. The van der Waals surface area contributed by atoms with Crippen LogP contribution in [0.25, 0.3) is 0 Å². The topological polar surface area (TPSA) is 100 Å². The first-order valence-corrected chi connectivity index (χ1v) is 10.3. The molecular formula is C21H28F3N3O5. The van der Waals surface area contributed by atoms with E-state index in [1.54, 1.807) is 6.92 Å². The number of hydrogen-bond acceptors (Lipinski definition) is 6. The molecule has 1 aromatic rings. The van der Waals surface area contributed by atoms with Crippen molar-refractivity contribution in [1.29, 1.82) is 0 Å². The largest absolute Gasteiger partial charge is 0.490 e. The van der Waals surface area contributed by atoms with Crippen molar-refractivity contribution in [2.75, 3.05) is 32.8 Å². The van der Waals surface area contributed by atoms with Gasteiger partial charge >= 0.3 is 18.1 Å². The molecular weight excluding hydrogens is 431 g/mol. The highest BCUT2D eigenvalue weighted by Gasteiger charge is 2.54. The van der Waals surface area contributed by atoms with Crippen molar-refractivity contribution in [3.05, 3.63) is 30.1 Å². The summed E-state index contributed by atoms with van der Waals surface area (Å²) in [7, 11) is 0. The third kappa shape index (κ3) is 6.41. The summed E-state index contributed by atoms with van der Waals surface area (Å²) in [5.41, 5.74) is 0.480. The number of alkyl halides is 3. The molecule has 0 unspecified atom stereocenters. The van der Waals surface area contributed by atoms with Gasteiger partial charge in [-0.2, -0.15) is 13.2 Å². The van der Waals surface area contributed by atoms with E-state index in [1.807, 2.05) is 36.2 Å². The molecule has 8 nitrogen and oxygen atoms in total. The van der Waals surface area contributed by atoms with Gasteiger partial charge < -0.3 is 14.7 Å². The molecule has 1 amide bonds. The lowest BCUT2D eigenvalue weighted by molar-refractivity contribution is -0.192. The maximum atomic E-state index is 12.8. The van der Waals surface area contributed by atoms with E-state index < -0.39 is 17.6 Å². The number of pyridine rings is 1. The van der Waals surface area contributed by atoms with Gasteiger partial charge in [-0.05, 0) is 38.4 Å². The van der Waals surface area contributed by atoms with Gasteiger partial charge in [0.05, 0.1) is 17.7 Å². The number of ether oxygens (including phenoxy) is 1. The van der Waals surface area contributed by atoms with Gasteiger partial charge in [-0.3, -0.25) is 19.5 Å². The summed E-state index contributed by atoms with van der Waals surface area (Å²) in [4.78, 5) is 42.2. The number of aliphatic carboxylic acids is 1. The Morgan fingerprint density at radius 1 is 1.28 bits per heavy atom. The van der Waals surface area contributed by atoms with E-state index in [9.17, 15) is 22.8 Å². The van der Waals surface area contributed by atoms with Crippen LogP contribution >= 0.6 is 0 Å². The molecule has 2 atom stereocenters. The number of carboxylic acid groups (broad SMARTS) is 1. The third-order valence-corrected chi connectivity index (χ3v) is 5.75. The normalized spacial score (nSPS) is 23.4. The minimum atomic E-state index is -5.08. The lowest BCUT2D eigenvalue weighted by Gasteiger charge is -2.31. The van der Waals surface area contributed by atoms with E-state index >= 15 is 0 Å². The first-order chi connectivity index (χ1) is 15.0. The molecule has 0 aliphatic carbocycles. The summed E-state index contributed by atoms with van der Waals surface area (Å²) in [6.07, 6.45) is -1.57. The zero-order chi connectivity index (χ0) is 23.9. The van der Waals surface area contributed by atoms with E-state index in [2.05, 4.69) is 9.88 Å². The van der Waals surface area contributed by atoms with Crippen LogP contribution in [0.3, 0.4) is 0 Å². The van der Waals surface area contributed by atoms with Gasteiger partial charge in [-0.1, -0.05) is 6.07 Å². The number of rotatable bonds is 4. The summed E-state index contributed by atoms with van der Waals surface area (Å²) >= 11 is 0. The molecule has 11 heteroatoms. The average Bonchev–Trinajstić information content (AvgIpc) is 3.00. The van der Waals surface area contributed by atoms with Gasteiger partial charge in [0.1, 0.15) is 0 Å². The predicted octanol–water partition coefficient (Wildman–Crippen LogP) is 2.34. The van der Waals surface area contributed by atoms with Crippen LogP contribution in [0.1, 0.15) is 32.4 Å². The number of likely N-dealkylation sites (tertiary alicyclic amines) is 2. The van der Waals surface area contributed by atoms with Gasteiger partial charge in [0.25, 0.3) is 0 Å². The maximum Gasteiger partial charge on any atom is 0.490 e. The van der Waals surface area contributed by atoms with Crippen LogP contribution in [0.15, 0.2) is 24.4 Å². The van der Waals surface area contributed by atoms with Gasteiger partial charge in [0.2, 0.25) is 5.91 Å². The number of hydrogen-bond donors (Lipinski definition) is 1. The lowest BCUT2D eigenvalue weighted by Crippen LogP contribution is -2.42. The number of carboxylic acids is 1. The Hall–Kier alpha value is -2.69. The van der Waals surface area contributed by atoms with Crippen molar-refractivity contribution in [2.45, 2.75) is 39.4 Å². The molecule has 2 aliphatic rings. The quantitative estimate of drug-likeness (QED) is 0.690. The number of aromatic nitrogens is 1. The van der Waals surface area contributed by atoms with Gasteiger partial charge in [0.15, 0.2) is 0 Å². The number of halogens is 3. The molecule has 3 rings (SSSR count). The molecule has 1 N–H and O–H groups in total. The smallest absolute Gasteiger partial charge is 0.475 e. The fraction of sp³-hybridized carbons (Fsp3) is 0.619. The van der Waals surface area contributed by atoms with Crippen LogP contribution in [0, 0.1) is 11.3 Å². The number of carbonyl (C=O) groups is 3. The second-order valence-electron chi connectivity index (χ2n) is 7.94. The van der Waals surface area contributed by atoms with Crippen molar-refractivity contribution >= 4 is 17.8 Å². The van der Waals surface area contributed by atoms with E-state index in [4.69, 9.17) is 14.6 Å². The zero-order valence-corrected chi connectivity index (χ0v) is 18.1.